The SMILES string of the molecule is C[NH+](Cc1cccc(F)c1)CN1C(=O)C[C@H](c2ccccc2)C1=O. The third-order valence-electron chi connectivity index (χ3n) is 4.27. The second-order valence-corrected chi connectivity index (χ2v) is 6.25. The van der Waals surface area contributed by atoms with Crippen LogP contribution in [-0.2, 0) is 16.1 Å². The quantitative estimate of drug-likeness (QED) is 0.842. The summed E-state index contributed by atoms with van der Waals surface area (Å²) in [6, 6.07) is 15.8. The van der Waals surface area contributed by atoms with Gasteiger partial charge in [0, 0.05) is 12.0 Å². The van der Waals surface area contributed by atoms with E-state index in [0.29, 0.717) is 6.54 Å². The van der Waals surface area contributed by atoms with Crippen LogP contribution in [-0.4, -0.2) is 30.4 Å². The Morgan fingerprint density at radius 1 is 1.12 bits per heavy atom. The lowest BCUT2D eigenvalue weighted by molar-refractivity contribution is -0.901. The first-order valence-corrected chi connectivity index (χ1v) is 7.99. The third kappa shape index (κ3) is 3.51. The maximum Gasteiger partial charge on any atom is 0.241 e. The van der Waals surface area contributed by atoms with Gasteiger partial charge in [-0.05, 0) is 17.7 Å². The molecular formula is C19H20FN2O2+. The number of likely N-dealkylation sites (tertiary alicyclic amines) is 1. The van der Waals surface area contributed by atoms with Crippen LogP contribution in [0.4, 0.5) is 4.39 Å². The van der Waals surface area contributed by atoms with Crippen LogP contribution >= 0.6 is 0 Å². The maximum absolute atomic E-state index is 13.3. The van der Waals surface area contributed by atoms with Crippen molar-refractivity contribution in [1.29, 1.82) is 0 Å². The van der Waals surface area contributed by atoms with Crippen LogP contribution in [0.5, 0.6) is 0 Å². The molecule has 1 fully saturated rings. The molecule has 0 aliphatic carbocycles. The molecule has 0 bridgehead atoms. The predicted molar refractivity (Wildman–Crippen MR) is 87.5 cm³/mol. The molecular weight excluding hydrogens is 307 g/mol. The van der Waals surface area contributed by atoms with Gasteiger partial charge in [0.25, 0.3) is 0 Å². The molecule has 5 heteroatoms. The Kier molecular flexibility index (Phi) is 4.71. The predicted octanol–water partition coefficient (Wildman–Crippen LogP) is 1.34. The number of nitrogens with one attached hydrogen (secondary N) is 1. The molecule has 124 valence electrons. The Morgan fingerprint density at radius 2 is 1.88 bits per heavy atom. The zero-order valence-corrected chi connectivity index (χ0v) is 13.5. The fourth-order valence-corrected chi connectivity index (χ4v) is 3.12. The third-order valence-corrected chi connectivity index (χ3v) is 4.27. The molecule has 1 aliphatic rings. The molecule has 1 aliphatic heterocycles. The monoisotopic (exact) mass is 327 g/mol. The molecule has 2 aromatic carbocycles. The minimum atomic E-state index is -0.388. The Morgan fingerprint density at radius 3 is 2.58 bits per heavy atom. The van der Waals surface area contributed by atoms with Gasteiger partial charge in [0.15, 0.2) is 6.67 Å². The van der Waals surface area contributed by atoms with E-state index >= 15 is 0 Å². The van der Waals surface area contributed by atoms with Crippen LogP contribution in [0.2, 0.25) is 0 Å². The van der Waals surface area contributed by atoms with Crippen molar-refractivity contribution in [1.82, 2.24) is 4.90 Å². The van der Waals surface area contributed by atoms with Crippen molar-refractivity contribution >= 4 is 11.8 Å². The smallest absolute Gasteiger partial charge is 0.241 e. The fourth-order valence-electron chi connectivity index (χ4n) is 3.12. The number of hydrogen-bond donors (Lipinski definition) is 1. The van der Waals surface area contributed by atoms with E-state index in [9.17, 15) is 14.0 Å². The maximum atomic E-state index is 13.3. The van der Waals surface area contributed by atoms with Crippen molar-refractivity contribution in [2.75, 3.05) is 13.7 Å². The average molecular weight is 327 g/mol. The lowest BCUT2D eigenvalue weighted by Gasteiger charge is -2.20. The Hall–Kier alpha value is -2.53. The number of nitrogens with zero attached hydrogens (tertiary/aromatic N) is 1. The number of rotatable bonds is 5. The first kappa shape index (κ1) is 16.3. The normalized spacial score (nSPS) is 18.9. The van der Waals surface area contributed by atoms with Crippen LogP contribution in [0.25, 0.3) is 0 Å². The summed E-state index contributed by atoms with van der Waals surface area (Å²) in [4.78, 5) is 27.1. The summed E-state index contributed by atoms with van der Waals surface area (Å²) >= 11 is 0. The van der Waals surface area contributed by atoms with Crippen molar-refractivity contribution in [2.45, 2.75) is 18.9 Å². The van der Waals surface area contributed by atoms with Crippen molar-refractivity contribution < 1.29 is 18.9 Å². The number of carbonyl (C=O) groups excluding carboxylic acids is 2. The first-order valence-electron chi connectivity index (χ1n) is 7.99. The molecule has 3 rings (SSSR count). The van der Waals surface area contributed by atoms with Gasteiger partial charge < -0.3 is 4.90 Å². The number of halogens is 1. The van der Waals surface area contributed by atoms with Gasteiger partial charge in [-0.25, -0.2) is 9.29 Å². The average Bonchev–Trinajstić information content (AvgIpc) is 2.84. The van der Waals surface area contributed by atoms with E-state index in [1.54, 1.807) is 6.07 Å². The lowest BCUT2D eigenvalue weighted by atomic mass is 9.98. The van der Waals surface area contributed by atoms with Crippen LogP contribution in [0, 0.1) is 5.82 Å². The van der Waals surface area contributed by atoms with Crippen LogP contribution in [0.15, 0.2) is 54.6 Å². The highest BCUT2D eigenvalue weighted by Gasteiger charge is 2.40. The number of quaternary nitrogens is 1. The highest BCUT2D eigenvalue weighted by Crippen LogP contribution is 2.28. The van der Waals surface area contributed by atoms with Crippen LogP contribution in [0.1, 0.15) is 23.5 Å². The Labute approximate surface area is 140 Å². The molecule has 2 amide bonds. The van der Waals surface area contributed by atoms with Crippen molar-refractivity contribution in [3.05, 3.63) is 71.5 Å². The number of hydrogen-bond acceptors (Lipinski definition) is 2. The molecule has 2 atom stereocenters. The second-order valence-electron chi connectivity index (χ2n) is 6.25. The van der Waals surface area contributed by atoms with Gasteiger partial charge >= 0.3 is 0 Å². The summed E-state index contributed by atoms with van der Waals surface area (Å²) in [5, 5.41) is 0. The molecule has 4 nitrogen and oxygen atoms in total. The number of benzene rings is 2. The zero-order chi connectivity index (χ0) is 17.1. The summed E-state index contributed by atoms with van der Waals surface area (Å²) in [7, 11) is 1.89. The molecule has 1 saturated heterocycles. The van der Waals surface area contributed by atoms with E-state index in [-0.39, 0.29) is 36.6 Å². The minimum Gasteiger partial charge on any atom is -0.316 e. The van der Waals surface area contributed by atoms with Crippen LogP contribution in [0.3, 0.4) is 0 Å². The van der Waals surface area contributed by atoms with E-state index in [0.717, 1.165) is 16.0 Å². The molecule has 24 heavy (non-hydrogen) atoms. The summed E-state index contributed by atoms with van der Waals surface area (Å²) in [5.41, 5.74) is 1.72. The second kappa shape index (κ2) is 6.93. The highest BCUT2D eigenvalue weighted by molar-refractivity contribution is 6.06. The van der Waals surface area contributed by atoms with E-state index in [2.05, 4.69) is 0 Å². The molecule has 0 spiro atoms. The minimum absolute atomic E-state index is 0.146. The molecule has 1 unspecified atom stereocenters. The Balaban J connectivity index is 1.66. The van der Waals surface area contributed by atoms with E-state index in [1.807, 2.05) is 43.4 Å². The van der Waals surface area contributed by atoms with Gasteiger partial charge in [-0.2, -0.15) is 0 Å². The molecule has 2 aromatic rings. The van der Waals surface area contributed by atoms with Gasteiger partial charge in [-0.1, -0.05) is 42.5 Å². The molecule has 0 saturated carbocycles. The summed E-state index contributed by atoms with van der Waals surface area (Å²) in [5.74, 6) is -0.962. The van der Waals surface area contributed by atoms with E-state index in [4.69, 9.17) is 0 Å². The Bertz CT molecular complexity index is 748. The number of carbonyl (C=O) groups is 2. The number of amides is 2. The van der Waals surface area contributed by atoms with Crippen molar-refractivity contribution in [3.63, 3.8) is 0 Å². The first-order chi connectivity index (χ1) is 11.5. The summed E-state index contributed by atoms with van der Waals surface area (Å²) in [6.45, 7) is 0.836. The number of imide groups is 1. The molecule has 0 radical (unpaired) electrons. The van der Waals surface area contributed by atoms with Gasteiger partial charge in [0.1, 0.15) is 12.4 Å². The van der Waals surface area contributed by atoms with Crippen LogP contribution < -0.4 is 4.90 Å². The molecule has 1 heterocycles. The lowest BCUT2D eigenvalue weighted by Crippen LogP contribution is -3.09. The van der Waals surface area contributed by atoms with Gasteiger partial charge in [0.2, 0.25) is 11.8 Å². The largest absolute Gasteiger partial charge is 0.316 e. The van der Waals surface area contributed by atoms with Gasteiger partial charge in [-0.3, -0.25) is 9.59 Å². The van der Waals surface area contributed by atoms with E-state index < -0.39 is 0 Å². The zero-order valence-electron chi connectivity index (χ0n) is 13.5. The van der Waals surface area contributed by atoms with Crippen molar-refractivity contribution in [2.24, 2.45) is 0 Å². The topological polar surface area (TPSA) is 41.8 Å². The standard InChI is InChI=1S/C19H19FN2O2/c1-21(12-14-6-5-9-16(20)10-14)13-22-18(23)11-17(19(22)24)15-7-3-2-4-8-15/h2-10,17H,11-13H2,1H3/p+1/t17-/m1/s1. The molecule has 0 aromatic heterocycles. The van der Waals surface area contributed by atoms with Crippen molar-refractivity contribution in [3.8, 4) is 0 Å². The van der Waals surface area contributed by atoms with E-state index in [1.165, 1.54) is 17.0 Å². The fraction of sp³-hybridized carbons (Fsp3) is 0.263. The molecule has 1 N–H and O–H groups in total. The van der Waals surface area contributed by atoms with Gasteiger partial charge in [0.05, 0.1) is 13.0 Å². The summed E-state index contributed by atoms with van der Waals surface area (Å²) < 4.78 is 13.3. The summed E-state index contributed by atoms with van der Waals surface area (Å²) in [6.07, 6.45) is 0.218. The highest BCUT2D eigenvalue weighted by atomic mass is 19.1. The van der Waals surface area contributed by atoms with Gasteiger partial charge in [-0.15, -0.1) is 0 Å².